The van der Waals surface area contributed by atoms with Crippen LogP contribution in [0.25, 0.3) is 0 Å². The Morgan fingerprint density at radius 2 is 2.09 bits per heavy atom. The predicted molar refractivity (Wildman–Crippen MR) is 45.3 cm³/mol. The van der Waals surface area contributed by atoms with E-state index in [1.165, 1.54) is 0 Å². The Bertz CT molecular complexity index is 121. The molecule has 0 saturated heterocycles. The summed E-state index contributed by atoms with van der Waals surface area (Å²) >= 11 is 0. The lowest BCUT2D eigenvalue weighted by atomic mass is 9.92. The van der Waals surface area contributed by atoms with Crippen molar-refractivity contribution in [2.45, 2.75) is 46.1 Å². The van der Waals surface area contributed by atoms with Gasteiger partial charge in [-0.1, -0.05) is 20.8 Å². The average Bonchev–Trinajstić information content (AvgIpc) is 1.87. The number of ether oxygens (including phenoxy) is 1. The summed E-state index contributed by atoms with van der Waals surface area (Å²) in [5.41, 5.74) is -0.254. The number of carbonyl (C=O) groups excluding carboxylic acids is 1. The van der Waals surface area contributed by atoms with Crippen molar-refractivity contribution < 1.29 is 9.53 Å². The van der Waals surface area contributed by atoms with Gasteiger partial charge in [-0.3, -0.25) is 4.79 Å². The van der Waals surface area contributed by atoms with E-state index in [-0.39, 0.29) is 5.60 Å². The van der Waals surface area contributed by atoms with Crippen molar-refractivity contribution in [3.8, 4) is 0 Å². The Balaban J connectivity index is 3.97. The molecule has 2 nitrogen and oxygen atoms in total. The minimum atomic E-state index is -0.254. The summed E-state index contributed by atoms with van der Waals surface area (Å²) in [5, 5.41) is 0. The lowest BCUT2D eigenvalue weighted by molar-refractivity contribution is -0.143. The fourth-order valence-electron chi connectivity index (χ4n) is 1.26. The summed E-state index contributed by atoms with van der Waals surface area (Å²) in [5.74, 6) is 0.569. The predicted octanol–water partition coefficient (Wildman–Crippen LogP) is 2.37. The van der Waals surface area contributed by atoms with Gasteiger partial charge in [-0.15, -0.1) is 0 Å². The van der Waals surface area contributed by atoms with Crippen LogP contribution in [-0.2, 0) is 9.53 Å². The third kappa shape index (κ3) is 4.02. The van der Waals surface area contributed by atoms with E-state index in [4.69, 9.17) is 4.74 Å². The van der Waals surface area contributed by atoms with Gasteiger partial charge in [0, 0.05) is 0 Å². The molecule has 0 rings (SSSR count). The van der Waals surface area contributed by atoms with Crippen LogP contribution in [-0.4, -0.2) is 12.1 Å². The third-order valence-corrected chi connectivity index (χ3v) is 1.92. The summed E-state index contributed by atoms with van der Waals surface area (Å²) < 4.78 is 5.01. The van der Waals surface area contributed by atoms with Gasteiger partial charge in [0.05, 0.1) is 0 Å². The number of hydrogen-bond donors (Lipinski definition) is 0. The van der Waals surface area contributed by atoms with Gasteiger partial charge in [-0.25, -0.2) is 0 Å². The first-order valence-electron chi connectivity index (χ1n) is 4.15. The van der Waals surface area contributed by atoms with E-state index in [9.17, 15) is 4.79 Å². The van der Waals surface area contributed by atoms with Gasteiger partial charge < -0.3 is 4.74 Å². The number of carbonyl (C=O) groups is 1. The molecule has 0 aliphatic carbocycles. The highest BCUT2D eigenvalue weighted by Gasteiger charge is 2.24. The summed E-state index contributed by atoms with van der Waals surface area (Å²) in [6.45, 7) is 8.81. The standard InChI is InChI=1S/C9H18O2/c1-5-9(4,11-7-10)6-8(2)3/h7-8H,5-6H2,1-4H3. The van der Waals surface area contributed by atoms with Crippen molar-refractivity contribution in [2.75, 3.05) is 0 Å². The third-order valence-electron chi connectivity index (χ3n) is 1.92. The van der Waals surface area contributed by atoms with E-state index in [0.29, 0.717) is 12.4 Å². The lowest BCUT2D eigenvalue weighted by Gasteiger charge is -2.27. The molecule has 0 fully saturated rings. The summed E-state index contributed by atoms with van der Waals surface area (Å²) in [7, 11) is 0. The van der Waals surface area contributed by atoms with Crippen molar-refractivity contribution in [3.05, 3.63) is 0 Å². The van der Waals surface area contributed by atoms with E-state index in [0.717, 1.165) is 12.8 Å². The van der Waals surface area contributed by atoms with E-state index in [2.05, 4.69) is 13.8 Å². The van der Waals surface area contributed by atoms with Gasteiger partial charge in [0.25, 0.3) is 6.47 Å². The molecule has 0 saturated carbocycles. The second-order valence-corrected chi connectivity index (χ2v) is 3.62. The first-order valence-corrected chi connectivity index (χ1v) is 4.15. The second kappa shape index (κ2) is 4.37. The average molecular weight is 158 g/mol. The van der Waals surface area contributed by atoms with Gasteiger partial charge in [0.15, 0.2) is 0 Å². The lowest BCUT2D eigenvalue weighted by Crippen LogP contribution is -2.29. The van der Waals surface area contributed by atoms with Crippen molar-refractivity contribution >= 4 is 6.47 Å². The largest absolute Gasteiger partial charge is 0.462 e. The normalized spacial score (nSPS) is 16.1. The molecule has 0 amide bonds. The van der Waals surface area contributed by atoms with Crippen LogP contribution in [0.4, 0.5) is 0 Å². The van der Waals surface area contributed by atoms with E-state index in [1.807, 2.05) is 13.8 Å². The minimum Gasteiger partial charge on any atom is -0.462 e. The zero-order valence-corrected chi connectivity index (χ0v) is 7.89. The Hall–Kier alpha value is -0.530. The molecule has 0 aromatic carbocycles. The van der Waals surface area contributed by atoms with Gasteiger partial charge in [0.2, 0.25) is 0 Å². The van der Waals surface area contributed by atoms with Crippen LogP contribution in [0.3, 0.4) is 0 Å². The zero-order valence-electron chi connectivity index (χ0n) is 7.89. The van der Waals surface area contributed by atoms with Crippen molar-refractivity contribution in [1.29, 1.82) is 0 Å². The van der Waals surface area contributed by atoms with Crippen LogP contribution in [0.2, 0.25) is 0 Å². The van der Waals surface area contributed by atoms with Gasteiger partial charge in [0.1, 0.15) is 5.60 Å². The van der Waals surface area contributed by atoms with E-state index in [1.54, 1.807) is 0 Å². The minimum absolute atomic E-state index is 0.254. The molecule has 0 N–H and O–H groups in total. The van der Waals surface area contributed by atoms with Crippen molar-refractivity contribution in [2.24, 2.45) is 5.92 Å². The maximum absolute atomic E-state index is 10.1. The molecule has 11 heavy (non-hydrogen) atoms. The van der Waals surface area contributed by atoms with Gasteiger partial charge in [-0.05, 0) is 25.7 Å². The van der Waals surface area contributed by atoms with Crippen LogP contribution >= 0.6 is 0 Å². The molecule has 1 atom stereocenters. The molecule has 0 spiro atoms. The molecule has 1 unspecified atom stereocenters. The Morgan fingerprint density at radius 3 is 2.36 bits per heavy atom. The SMILES string of the molecule is CCC(C)(CC(C)C)OC=O. The molecule has 0 aromatic heterocycles. The first kappa shape index (κ1) is 10.5. The first-order chi connectivity index (χ1) is 5.04. The highest BCUT2D eigenvalue weighted by Crippen LogP contribution is 2.23. The summed E-state index contributed by atoms with van der Waals surface area (Å²) in [6, 6.07) is 0. The Kier molecular flexibility index (Phi) is 4.16. The van der Waals surface area contributed by atoms with Crippen LogP contribution < -0.4 is 0 Å². The molecule has 0 aromatic rings. The summed E-state index contributed by atoms with van der Waals surface area (Å²) in [6.07, 6.45) is 1.81. The van der Waals surface area contributed by atoms with Crippen LogP contribution in [0, 0.1) is 5.92 Å². The Labute approximate surface area is 68.9 Å². The molecule has 0 aliphatic rings. The quantitative estimate of drug-likeness (QED) is 0.574. The second-order valence-electron chi connectivity index (χ2n) is 3.62. The van der Waals surface area contributed by atoms with Crippen molar-refractivity contribution in [3.63, 3.8) is 0 Å². The van der Waals surface area contributed by atoms with Crippen LogP contribution in [0.15, 0.2) is 0 Å². The molecular formula is C9H18O2. The molecular weight excluding hydrogens is 140 g/mol. The smallest absolute Gasteiger partial charge is 0.293 e. The molecule has 0 radical (unpaired) electrons. The highest BCUT2D eigenvalue weighted by atomic mass is 16.5. The maximum atomic E-state index is 10.1. The maximum Gasteiger partial charge on any atom is 0.293 e. The number of hydrogen-bond acceptors (Lipinski definition) is 2. The molecule has 0 bridgehead atoms. The fourth-order valence-corrected chi connectivity index (χ4v) is 1.26. The molecule has 0 heterocycles. The van der Waals surface area contributed by atoms with E-state index < -0.39 is 0 Å². The topological polar surface area (TPSA) is 26.3 Å². The monoisotopic (exact) mass is 158 g/mol. The van der Waals surface area contributed by atoms with Gasteiger partial charge >= 0.3 is 0 Å². The molecule has 66 valence electrons. The van der Waals surface area contributed by atoms with Crippen LogP contribution in [0.5, 0.6) is 0 Å². The molecule has 0 aliphatic heterocycles. The zero-order chi connectivity index (χ0) is 8.91. The molecule has 2 heteroatoms. The fraction of sp³-hybridized carbons (Fsp3) is 0.889. The summed E-state index contributed by atoms with van der Waals surface area (Å²) in [4.78, 5) is 10.1. The Morgan fingerprint density at radius 1 is 1.55 bits per heavy atom. The highest BCUT2D eigenvalue weighted by molar-refractivity contribution is 5.38. The van der Waals surface area contributed by atoms with Crippen molar-refractivity contribution in [1.82, 2.24) is 0 Å². The van der Waals surface area contributed by atoms with E-state index >= 15 is 0 Å². The van der Waals surface area contributed by atoms with Gasteiger partial charge in [-0.2, -0.15) is 0 Å². The van der Waals surface area contributed by atoms with Crippen LogP contribution in [0.1, 0.15) is 40.5 Å². The number of rotatable bonds is 5.